The van der Waals surface area contributed by atoms with E-state index >= 15 is 4.39 Å². The molecule has 34 heavy (non-hydrogen) atoms. The molecule has 0 bridgehead atoms. The highest BCUT2D eigenvalue weighted by atomic mass is 35.5. The molecule has 1 fully saturated rings. The molecule has 0 amide bonds. The number of hydrogen-bond donors (Lipinski definition) is 3. The number of halogens is 2. The van der Waals surface area contributed by atoms with Crippen LogP contribution in [0.25, 0.3) is 22.2 Å². The van der Waals surface area contributed by atoms with Crippen LogP contribution in [0, 0.1) is 11.0 Å². The fourth-order valence-corrected chi connectivity index (χ4v) is 5.47. The Bertz CT molecular complexity index is 1410. The smallest absolute Gasteiger partial charge is 0.150 e. The first-order valence-electron chi connectivity index (χ1n) is 10.7. The molecule has 1 saturated carbocycles. The van der Waals surface area contributed by atoms with E-state index in [1.807, 2.05) is 6.20 Å². The second kappa shape index (κ2) is 9.21. The van der Waals surface area contributed by atoms with Gasteiger partial charge in [-0.05, 0) is 48.7 Å². The van der Waals surface area contributed by atoms with Crippen molar-refractivity contribution < 1.29 is 8.60 Å². The molecule has 1 aliphatic carbocycles. The molecule has 11 heteroatoms. The molecule has 1 atom stereocenters. The largest absolute Gasteiger partial charge is 0.761 e. The Balaban J connectivity index is 1.48. The fourth-order valence-electron chi connectivity index (χ4n) is 4.41. The number of nitrogens with zero attached hydrogens (tertiary/aromatic N) is 3. The monoisotopic (exact) mass is 499 g/mol. The summed E-state index contributed by atoms with van der Waals surface area (Å²) in [6.07, 6.45) is 7.85. The van der Waals surface area contributed by atoms with Crippen LogP contribution in [0.4, 0.5) is 21.6 Å². The highest BCUT2D eigenvalue weighted by molar-refractivity contribution is 7.86. The maximum absolute atomic E-state index is 15.1. The van der Waals surface area contributed by atoms with E-state index in [9.17, 15) is 9.42 Å². The SMILES string of the molecule is Nc1ncnc2c1c(-c1ccc(NS(=O)c3ccc(Cl)c(N[O-])c3)c(F)c1)cn2C1CCCC1. The van der Waals surface area contributed by atoms with Crippen LogP contribution in [0.5, 0.6) is 0 Å². The number of anilines is 3. The number of benzene rings is 2. The van der Waals surface area contributed by atoms with Crippen LogP contribution in [0.3, 0.4) is 0 Å². The van der Waals surface area contributed by atoms with Crippen LogP contribution in [0.15, 0.2) is 53.8 Å². The van der Waals surface area contributed by atoms with E-state index in [1.54, 1.807) is 11.5 Å². The van der Waals surface area contributed by atoms with Crippen LogP contribution >= 0.6 is 11.6 Å². The standard InChI is InChI=1S/C23H21ClFN6O2S/c24-17-7-6-15(10-20(17)29-32)34(33)30-19-8-5-13(9-18(19)25)16-11-31(14-3-1-2-4-14)23-21(16)22(26)27-12-28-23/h5-12,14,29-30H,1-4H2,(H2,26,27,28)/q-1. The zero-order valence-electron chi connectivity index (χ0n) is 17.9. The first kappa shape index (κ1) is 22.6. The highest BCUT2D eigenvalue weighted by Crippen LogP contribution is 2.39. The summed E-state index contributed by atoms with van der Waals surface area (Å²) < 4.78 is 32.5. The Kier molecular flexibility index (Phi) is 6.11. The molecule has 0 aliphatic heterocycles. The minimum absolute atomic E-state index is 0.0532. The third kappa shape index (κ3) is 4.08. The van der Waals surface area contributed by atoms with Crippen molar-refractivity contribution in [3.8, 4) is 11.1 Å². The van der Waals surface area contributed by atoms with Crippen molar-refractivity contribution in [3.05, 3.63) is 65.0 Å². The fraction of sp³-hybridized carbons (Fsp3) is 0.217. The Morgan fingerprint density at radius 3 is 2.68 bits per heavy atom. The van der Waals surface area contributed by atoms with Crippen LogP contribution in [-0.2, 0) is 11.0 Å². The highest BCUT2D eigenvalue weighted by Gasteiger charge is 2.23. The summed E-state index contributed by atoms with van der Waals surface area (Å²) in [6, 6.07) is 9.24. The minimum Gasteiger partial charge on any atom is -0.761 e. The lowest BCUT2D eigenvalue weighted by Crippen LogP contribution is -2.07. The third-order valence-corrected chi connectivity index (χ3v) is 7.52. The predicted octanol–water partition coefficient (Wildman–Crippen LogP) is 5.63. The van der Waals surface area contributed by atoms with Gasteiger partial charge >= 0.3 is 0 Å². The number of nitrogens with two attached hydrogens (primary N) is 1. The molecule has 2 aromatic heterocycles. The van der Waals surface area contributed by atoms with Gasteiger partial charge < -0.3 is 21.0 Å². The summed E-state index contributed by atoms with van der Waals surface area (Å²) in [5.41, 5.74) is 10.1. The second-order valence-corrected chi connectivity index (χ2v) is 9.78. The van der Waals surface area contributed by atoms with E-state index in [0.29, 0.717) is 22.8 Å². The summed E-state index contributed by atoms with van der Waals surface area (Å²) in [7, 11) is -1.81. The lowest BCUT2D eigenvalue weighted by Gasteiger charge is -2.14. The molecule has 2 aromatic carbocycles. The second-order valence-electron chi connectivity index (χ2n) is 8.15. The summed E-state index contributed by atoms with van der Waals surface area (Å²) in [6.45, 7) is 0. The van der Waals surface area contributed by atoms with Crippen LogP contribution in [-0.4, -0.2) is 18.7 Å². The maximum atomic E-state index is 15.1. The molecular weight excluding hydrogens is 479 g/mol. The van der Waals surface area contributed by atoms with Gasteiger partial charge in [-0.15, -0.1) is 0 Å². The van der Waals surface area contributed by atoms with Gasteiger partial charge in [0.15, 0.2) is 0 Å². The summed E-state index contributed by atoms with van der Waals surface area (Å²) in [5, 5.41) is 11.9. The Labute approximate surface area is 202 Å². The van der Waals surface area contributed by atoms with Crippen molar-refractivity contribution in [3.63, 3.8) is 0 Å². The first-order valence-corrected chi connectivity index (χ1v) is 12.3. The maximum Gasteiger partial charge on any atom is 0.150 e. The minimum atomic E-state index is -1.81. The average Bonchev–Trinajstić information content (AvgIpc) is 3.49. The molecule has 5 rings (SSSR count). The number of nitrogen functional groups attached to an aromatic ring is 1. The van der Waals surface area contributed by atoms with Crippen molar-refractivity contribution in [1.29, 1.82) is 0 Å². The van der Waals surface area contributed by atoms with Gasteiger partial charge in [0.05, 0.1) is 21.0 Å². The lowest BCUT2D eigenvalue weighted by atomic mass is 10.1. The summed E-state index contributed by atoms with van der Waals surface area (Å²) in [4.78, 5) is 8.87. The number of hydrogen-bond acceptors (Lipinski definition) is 6. The van der Waals surface area contributed by atoms with Gasteiger partial charge in [0.1, 0.15) is 34.6 Å². The van der Waals surface area contributed by atoms with Gasteiger partial charge in [-0.2, -0.15) is 0 Å². The van der Waals surface area contributed by atoms with Crippen molar-refractivity contribution in [2.75, 3.05) is 15.9 Å². The number of rotatable bonds is 6. The molecule has 0 radical (unpaired) electrons. The van der Waals surface area contributed by atoms with Gasteiger partial charge in [-0.3, -0.25) is 4.72 Å². The van der Waals surface area contributed by atoms with Crippen LogP contribution < -0.4 is 15.9 Å². The van der Waals surface area contributed by atoms with Gasteiger partial charge in [0, 0.05) is 23.5 Å². The van der Waals surface area contributed by atoms with Gasteiger partial charge in [0.2, 0.25) is 0 Å². The van der Waals surface area contributed by atoms with Crippen molar-refractivity contribution >= 4 is 50.8 Å². The van der Waals surface area contributed by atoms with Crippen molar-refractivity contribution in [2.45, 2.75) is 36.6 Å². The summed E-state index contributed by atoms with van der Waals surface area (Å²) in [5.74, 6) is -0.245. The van der Waals surface area contributed by atoms with Crippen molar-refractivity contribution in [1.82, 2.24) is 14.5 Å². The van der Waals surface area contributed by atoms with E-state index in [4.69, 9.17) is 17.3 Å². The van der Waals surface area contributed by atoms with Gasteiger partial charge in [0.25, 0.3) is 0 Å². The summed E-state index contributed by atoms with van der Waals surface area (Å²) >= 11 is 5.90. The number of aromatic nitrogens is 3. The molecule has 0 spiro atoms. The lowest BCUT2D eigenvalue weighted by molar-refractivity contribution is 0.532. The third-order valence-electron chi connectivity index (χ3n) is 6.10. The van der Waals surface area contributed by atoms with E-state index in [-0.39, 0.29) is 21.3 Å². The Morgan fingerprint density at radius 2 is 1.94 bits per heavy atom. The molecular formula is C23H21ClFN6O2S-. The molecule has 0 saturated heterocycles. The zero-order valence-corrected chi connectivity index (χ0v) is 19.5. The molecule has 8 nitrogen and oxygen atoms in total. The normalized spacial score (nSPS) is 15.0. The van der Waals surface area contributed by atoms with E-state index in [2.05, 4.69) is 19.3 Å². The van der Waals surface area contributed by atoms with Gasteiger partial charge in [-0.1, -0.05) is 30.5 Å². The molecule has 4 N–H and O–H groups in total. The van der Waals surface area contributed by atoms with E-state index in [1.165, 1.54) is 36.7 Å². The van der Waals surface area contributed by atoms with E-state index < -0.39 is 16.8 Å². The molecule has 4 aromatic rings. The first-order chi connectivity index (χ1) is 16.5. The van der Waals surface area contributed by atoms with Gasteiger partial charge in [-0.25, -0.2) is 18.6 Å². The Morgan fingerprint density at radius 1 is 1.15 bits per heavy atom. The number of nitrogens with one attached hydrogen (secondary N) is 2. The molecule has 1 unspecified atom stereocenters. The quantitative estimate of drug-likeness (QED) is 0.295. The van der Waals surface area contributed by atoms with E-state index in [0.717, 1.165) is 36.9 Å². The van der Waals surface area contributed by atoms with Crippen LogP contribution in [0.2, 0.25) is 5.02 Å². The topological polar surface area (TPSA) is 121 Å². The van der Waals surface area contributed by atoms with Crippen molar-refractivity contribution in [2.24, 2.45) is 0 Å². The number of fused-ring (bicyclic) bond motifs is 1. The molecule has 176 valence electrons. The Hall–Kier alpha value is -3.21. The molecule has 1 aliphatic rings. The molecule has 2 heterocycles. The average molecular weight is 500 g/mol. The predicted molar refractivity (Wildman–Crippen MR) is 133 cm³/mol. The van der Waals surface area contributed by atoms with Crippen LogP contribution in [0.1, 0.15) is 31.7 Å². The zero-order chi connectivity index (χ0) is 23.8.